The molecule has 5 heteroatoms. The number of benzene rings is 1. The lowest BCUT2D eigenvalue weighted by Crippen LogP contribution is -2.35. The quantitative estimate of drug-likeness (QED) is 0.800. The molecule has 1 atom stereocenters. The molecule has 1 heterocycles. The van der Waals surface area contributed by atoms with Gasteiger partial charge >= 0.3 is 0 Å². The summed E-state index contributed by atoms with van der Waals surface area (Å²) in [6.07, 6.45) is 4.27. The van der Waals surface area contributed by atoms with E-state index in [4.69, 9.17) is 4.74 Å². The lowest BCUT2D eigenvalue weighted by atomic mass is 10.0. The average Bonchev–Trinajstić information content (AvgIpc) is 3.22. The fraction of sp³-hybridized carbons (Fsp3) is 0.533. The Morgan fingerprint density at radius 1 is 1.15 bits per heavy atom. The molecule has 1 saturated carbocycles. The summed E-state index contributed by atoms with van der Waals surface area (Å²) in [5, 5.41) is -0.868. The molecule has 1 aliphatic carbocycles. The van der Waals surface area contributed by atoms with E-state index in [-0.39, 0.29) is 17.6 Å². The summed E-state index contributed by atoms with van der Waals surface area (Å²) in [6, 6.07) is 6.90. The Bertz CT molecular complexity index is 617. The van der Waals surface area contributed by atoms with Gasteiger partial charge in [0.25, 0.3) is 0 Å². The molecule has 1 unspecified atom stereocenters. The molecule has 4 nitrogen and oxygen atoms in total. The minimum absolute atomic E-state index is 0.127. The highest BCUT2D eigenvalue weighted by atomic mass is 32.2. The van der Waals surface area contributed by atoms with E-state index in [0.717, 1.165) is 19.3 Å². The van der Waals surface area contributed by atoms with E-state index in [1.54, 1.807) is 18.2 Å². The van der Waals surface area contributed by atoms with Crippen molar-refractivity contribution in [2.45, 2.75) is 43.5 Å². The van der Waals surface area contributed by atoms with Crippen LogP contribution in [0.3, 0.4) is 0 Å². The first kappa shape index (κ1) is 13.6. The van der Waals surface area contributed by atoms with Crippen molar-refractivity contribution in [2.75, 3.05) is 5.75 Å². The fourth-order valence-electron chi connectivity index (χ4n) is 2.54. The Kier molecular flexibility index (Phi) is 3.54. The highest BCUT2D eigenvalue weighted by Gasteiger charge is 2.35. The first-order valence-electron chi connectivity index (χ1n) is 7.09. The van der Waals surface area contributed by atoms with Crippen LogP contribution in [0.4, 0.5) is 0 Å². The van der Waals surface area contributed by atoms with Crippen LogP contribution >= 0.6 is 0 Å². The molecular formula is C15H18O4S. The van der Waals surface area contributed by atoms with Gasteiger partial charge in [-0.15, -0.1) is 0 Å². The third-order valence-corrected chi connectivity index (χ3v) is 5.99. The van der Waals surface area contributed by atoms with E-state index in [2.05, 4.69) is 0 Å². The van der Waals surface area contributed by atoms with Gasteiger partial charge < -0.3 is 4.74 Å². The summed E-state index contributed by atoms with van der Waals surface area (Å²) in [6.45, 7) is 0. The van der Waals surface area contributed by atoms with Crippen molar-refractivity contribution in [2.24, 2.45) is 0 Å². The Hall–Kier alpha value is -1.36. The summed E-state index contributed by atoms with van der Waals surface area (Å²) in [7, 11) is -3.28. The first-order chi connectivity index (χ1) is 9.56. The molecule has 0 radical (unpaired) electrons. The molecule has 0 bridgehead atoms. The Balaban J connectivity index is 1.82. The van der Waals surface area contributed by atoms with Crippen LogP contribution in [0.1, 0.15) is 42.5 Å². The third kappa shape index (κ3) is 2.87. The van der Waals surface area contributed by atoms with Crippen molar-refractivity contribution in [1.29, 1.82) is 0 Å². The van der Waals surface area contributed by atoms with Gasteiger partial charge in [0, 0.05) is 5.56 Å². The van der Waals surface area contributed by atoms with Crippen molar-refractivity contribution < 1.29 is 17.9 Å². The zero-order valence-corrected chi connectivity index (χ0v) is 12.1. The van der Waals surface area contributed by atoms with Gasteiger partial charge in [-0.25, -0.2) is 8.42 Å². The largest absolute Gasteiger partial charge is 0.490 e. The van der Waals surface area contributed by atoms with Crippen LogP contribution in [0.5, 0.6) is 5.75 Å². The first-order valence-corrected chi connectivity index (χ1v) is 8.80. The van der Waals surface area contributed by atoms with Gasteiger partial charge in [0.05, 0.1) is 11.9 Å². The second kappa shape index (κ2) is 5.20. The second-order valence-electron chi connectivity index (χ2n) is 5.56. The molecule has 0 N–H and O–H groups in total. The molecule has 2 fully saturated rings. The standard InChI is InChI=1S/C15H18O4S/c16-15(14-6-1-2-9-20(14,17)18)11-4-3-5-13(10-11)19-12-7-8-12/h3-5,10,12,14H,1-2,6-9H2. The van der Waals surface area contributed by atoms with Gasteiger partial charge in [-0.05, 0) is 37.8 Å². The Morgan fingerprint density at radius 3 is 2.65 bits per heavy atom. The summed E-state index contributed by atoms with van der Waals surface area (Å²) < 4.78 is 29.7. The molecule has 20 heavy (non-hydrogen) atoms. The Labute approximate surface area is 119 Å². The number of sulfone groups is 1. The predicted molar refractivity (Wildman–Crippen MR) is 75.8 cm³/mol. The average molecular weight is 294 g/mol. The lowest BCUT2D eigenvalue weighted by Gasteiger charge is -2.21. The number of hydrogen-bond donors (Lipinski definition) is 0. The number of ketones is 1. The van der Waals surface area contributed by atoms with Gasteiger partial charge in [-0.2, -0.15) is 0 Å². The van der Waals surface area contributed by atoms with Crippen LogP contribution in [0.2, 0.25) is 0 Å². The van der Waals surface area contributed by atoms with Crippen molar-refractivity contribution in [3.63, 3.8) is 0 Å². The maximum absolute atomic E-state index is 12.4. The van der Waals surface area contributed by atoms with E-state index in [0.29, 0.717) is 24.2 Å². The molecule has 0 aromatic heterocycles. The van der Waals surface area contributed by atoms with Crippen LogP contribution in [0, 0.1) is 0 Å². The Morgan fingerprint density at radius 2 is 1.95 bits per heavy atom. The van der Waals surface area contributed by atoms with Gasteiger partial charge in [0.1, 0.15) is 11.0 Å². The molecule has 108 valence electrons. The van der Waals surface area contributed by atoms with Crippen molar-refractivity contribution in [3.8, 4) is 5.75 Å². The predicted octanol–water partition coefficient (Wildman–Crippen LogP) is 2.38. The number of ether oxygens (including phenoxy) is 1. The van der Waals surface area contributed by atoms with Crippen LogP contribution < -0.4 is 4.74 Å². The smallest absolute Gasteiger partial charge is 0.181 e. The zero-order valence-electron chi connectivity index (χ0n) is 11.2. The van der Waals surface area contributed by atoms with Crippen LogP contribution in [0.15, 0.2) is 24.3 Å². The summed E-state index contributed by atoms with van der Waals surface area (Å²) >= 11 is 0. The highest BCUT2D eigenvalue weighted by molar-refractivity contribution is 7.92. The van der Waals surface area contributed by atoms with E-state index in [9.17, 15) is 13.2 Å². The molecule has 0 amide bonds. The monoisotopic (exact) mass is 294 g/mol. The van der Waals surface area contributed by atoms with Crippen LogP contribution in [-0.2, 0) is 9.84 Å². The molecule has 1 aliphatic heterocycles. The van der Waals surface area contributed by atoms with E-state index >= 15 is 0 Å². The molecule has 1 aromatic carbocycles. The molecule has 3 rings (SSSR count). The zero-order chi connectivity index (χ0) is 14.2. The van der Waals surface area contributed by atoms with Crippen molar-refractivity contribution >= 4 is 15.6 Å². The lowest BCUT2D eigenvalue weighted by molar-refractivity contribution is 0.0981. The molecule has 0 spiro atoms. The molecule has 2 aliphatic rings. The topological polar surface area (TPSA) is 60.4 Å². The van der Waals surface area contributed by atoms with Crippen molar-refractivity contribution in [1.82, 2.24) is 0 Å². The van der Waals surface area contributed by atoms with Gasteiger partial charge in [0.2, 0.25) is 0 Å². The van der Waals surface area contributed by atoms with Crippen molar-refractivity contribution in [3.05, 3.63) is 29.8 Å². The summed E-state index contributed by atoms with van der Waals surface area (Å²) in [5.74, 6) is 0.499. The minimum atomic E-state index is -3.28. The summed E-state index contributed by atoms with van der Waals surface area (Å²) in [4.78, 5) is 12.4. The highest BCUT2D eigenvalue weighted by Crippen LogP contribution is 2.28. The number of Topliss-reactive ketones (excluding diaryl/α,β-unsaturated/α-hetero) is 1. The minimum Gasteiger partial charge on any atom is -0.490 e. The number of carbonyl (C=O) groups is 1. The SMILES string of the molecule is O=C(c1cccc(OC2CC2)c1)C1CCCCS1(=O)=O. The maximum atomic E-state index is 12.4. The molecule has 1 aromatic rings. The van der Waals surface area contributed by atoms with Crippen LogP contribution in [-0.4, -0.2) is 31.3 Å². The van der Waals surface area contributed by atoms with E-state index in [1.807, 2.05) is 6.07 Å². The number of rotatable bonds is 4. The van der Waals surface area contributed by atoms with Crippen LogP contribution in [0.25, 0.3) is 0 Å². The normalized spacial score (nSPS) is 25.1. The second-order valence-corrected chi connectivity index (χ2v) is 7.86. The van der Waals surface area contributed by atoms with E-state index in [1.165, 1.54) is 0 Å². The number of hydrogen-bond acceptors (Lipinski definition) is 4. The van der Waals surface area contributed by atoms with Gasteiger partial charge in [-0.3, -0.25) is 4.79 Å². The fourth-order valence-corrected chi connectivity index (χ4v) is 4.41. The molecular weight excluding hydrogens is 276 g/mol. The molecule has 1 saturated heterocycles. The van der Waals surface area contributed by atoms with E-state index < -0.39 is 15.1 Å². The number of carbonyl (C=O) groups excluding carboxylic acids is 1. The van der Waals surface area contributed by atoms with Gasteiger partial charge in [0.15, 0.2) is 15.6 Å². The summed E-state index contributed by atoms with van der Waals surface area (Å²) in [5.41, 5.74) is 0.443. The third-order valence-electron chi connectivity index (χ3n) is 3.82. The maximum Gasteiger partial charge on any atom is 0.181 e. The van der Waals surface area contributed by atoms with Gasteiger partial charge in [-0.1, -0.05) is 18.6 Å².